The van der Waals surface area contributed by atoms with Gasteiger partial charge in [-0.3, -0.25) is 9.59 Å². The summed E-state index contributed by atoms with van der Waals surface area (Å²) in [6.07, 6.45) is 2.39. The van der Waals surface area contributed by atoms with Crippen LogP contribution in [0.2, 0.25) is 0 Å². The van der Waals surface area contributed by atoms with Crippen LogP contribution in [0.1, 0.15) is 19.3 Å². The van der Waals surface area contributed by atoms with Crippen molar-refractivity contribution in [1.29, 1.82) is 0 Å². The van der Waals surface area contributed by atoms with E-state index in [0.717, 1.165) is 12.8 Å². The Morgan fingerprint density at radius 3 is 3.15 bits per heavy atom. The van der Waals surface area contributed by atoms with Gasteiger partial charge in [0.2, 0.25) is 0 Å². The van der Waals surface area contributed by atoms with Crippen molar-refractivity contribution in [1.82, 2.24) is 0 Å². The van der Waals surface area contributed by atoms with E-state index in [4.69, 9.17) is 4.74 Å². The second-order valence-electron chi connectivity index (χ2n) is 3.65. The Balaban J connectivity index is 2.35. The average Bonchev–Trinajstić information content (AvgIpc) is 2.67. The summed E-state index contributed by atoms with van der Waals surface area (Å²) in [7, 11) is 1.32. The summed E-state index contributed by atoms with van der Waals surface area (Å²) in [5.74, 6) is -0.758. The first-order valence-electron chi connectivity index (χ1n) is 4.47. The third-order valence-corrected chi connectivity index (χ3v) is 3.15. The number of fused-ring (bicyclic) bond motifs is 1. The minimum Gasteiger partial charge on any atom is -0.468 e. The first-order chi connectivity index (χ1) is 6.21. The lowest BCUT2D eigenvalue weighted by Gasteiger charge is -2.20. The quantitative estimate of drug-likeness (QED) is 0.440. The topological polar surface area (TPSA) is 52.6 Å². The molecular weight excluding hydrogens is 172 g/mol. The van der Waals surface area contributed by atoms with Crippen molar-refractivity contribution in [3.8, 4) is 0 Å². The zero-order chi connectivity index (χ0) is 9.47. The molecule has 72 valence electrons. The Hall–Kier alpha value is -1.06. The maximum atomic E-state index is 11.5. The van der Waals surface area contributed by atoms with Gasteiger partial charge in [0.1, 0.15) is 0 Å². The summed E-state index contributed by atoms with van der Waals surface area (Å²) in [6.45, 7) is 0.383. The summed E-state index contributed by atoms with van der Waals surface area (Å²) >= 11 is 0. The molecule has 0 radical (unpaired) electrons. The van der Waals surface area contributed by atoms with Crippen LogP contribution in [0, 0.1) is 11.3 Å². The molecule has 1 saturated carbocycles. The molecule has 0 aromatic rings. The SMILES string of the molecule is COC(=O)[C@@]12CCC[C@@H]1COC2=O. The van der Waals surface area contributed by atoms with Crippen molar-refractivity contribution in [2.45, 2.75) is 19.3 Å². The van der Waals surface area contributed by atoms with Gasteiger partial charge in [0.25, 0.3) is 0 Å². The summed E-state index contributed by atoms with van der Waals surface area (Å²) in [5, 5.41) is 0. The Morgan fingerprint density at radius 1 is 1.69 bits per heavy atom. The number of rotatable bonds is 1. The highest BCUT2D eigenvalue weighted by Gasteiger charge is 2.61. The second-order valence-corrected chi connectivity index (χ2v) is 3.65. The lowest BCUT2D eigenvalue weighted by atomic mass is 9.80. The maximum absolute atomic E-state index is 11.5. The molecule has 0 spiro atoms. The minimum atomic E-state index is -0.950. The highest BCUT2D eigenvalue weighted by molar-refractivity contribution is 6.02. The van der Waals surface area contributed by atoms with Gasteiger partial charge in [-0.15, -0.1) is 0 Å². The molecule has 4 nitrogen and oxygen atoms in total. The highest BCUT2D eigenvalue weighted by Crippen LogP contribution is 2.49. The van der Waals surface area contributed by atoms with E-state index < -0.39 is 11.4 Å². The Morgan fingerprint density at radius 2 is 2.46 bits per heavy atom. The van der Waals surface area contributed by atoms with Crippen molar-refractivity contribution in [2.75, 3.05) is 13.7 Å². The molecule has 0 aromatic carbocycles. The molecule has 2 fully saturated rings. The molecule has 1 aliphatic heterocycles. The minimum absolute atomic E-state index is 0.0486. The van der Waals surface area contributed by atoms with Crippen LogP contribution >= 0.6 is 0 Å². The highest BCUT2D eigenvalue weighted by atomic mass is 16.6. The predicted octanol–water partition coefficient (Wildman–Crippen LogP) is 0.503. The molecule has 1 aliphatic carbocycles. The fourth-order valence-corrected chi connectivity index (χ4v) is 2.41. The average molecular weight is 184 g/mol. The Bertz CT molecular complexity index is 260. The molecule has 0 aromatic heterocycles. The van der Waals surface area contributed by atoms with Gasteiger partial charge in [0.05, 0.1) is 13.7 Å². The first-order valence-corrected chi connectivity index (χ1v) is 4.47. The van der Waals surface area contributed by atoms with Gasteiger partial charge in [0.15, 0.2) is 5.41 Å². The van der Waals surface area contributed by atoms with Gasteiger partial charge in [-0.1, -0.05) is 6.42 Å². The fourth-order valence-electron chi connectivity index (χ4n) is 2.41. The lowest BCUT2D eigenvalue weighted by molar-refractivity contribution is -0.163. The van der Waals surface area contributed by atoms with Gasteiger partial charge in [-0.25, -0.2) is 0 Å². The molecule has 0 N–H and O–H groups in total. The van der Waals surface area contributed by atoms with Crippen LogP contribution in [0.25, 0.3) is 0 Å². The molecular formula is C9H12O4. The van der Waals surface area contributed by atoms with Gasteiger partial charge in [0, 0.05) is 5.92 Å². The Kier molecular flexibility index (Phi) is 1.78. The molecule has 4 heteroatoms. The van der Waals surface area contributed by atoms with Crippen molar-refractivity contribution in [3.63, 3.8) is 0 Å². The van der Waals surface area contributed by atoms with E-state index >= 15 is 0 Å². The smallest absolute Gasteiger partial charge is 0.323 e. The van der Waals surface area contributed by atoms with Crippen molar-refractivity contribution in [3.05, 3.63) is 0 Å². The standard InChI is InChI=1S/C9H12O4/c1-12-7(10)9-4-2-3-6(9)5-13-8(9)11/h6H,2-5H2,1H3/t6-,9-/m1/s1. The summed E-state index contributed by atoms with van der Waals surface area (Å²) < 4.78 is 9.58. The monoisotopic (exact) mass is 184 g/mol. The largest absolute Gasteiger partial charge is 0.468 e. The van der Waals surface area contributed by atoms with E-state index in [9.17, 15) is 9.59 Å². The molecule has 1 heterocycles. The molecule has 0 unspecified atom stereocenters. The third kappa shape index (κ3) is 0.913. The van der Waals surface area contributed by atoms with E-state index in [1.165, 1.54) is 7.11 Å². The number of hydrogen-bond acceptors (Lipinski definition) is 4. The molecule has 0 bridgehead atoms. The van der Waals surface area contributed by atoms with Crippen molar-refractivity contribution < 1.29 is 19.1 Å². The van der Waals surface area contributed by atoms with Crippen LogP contribution in [0.4, 0.5) is 0 Å². The van der Waals surface area contributed by atoms with Crippen molar-refractivity contribution in [2.24, 2.45) is 11.3 Å². The number of ether oxygens (including phenoxy) is 2. The summed E-state index contributed by atoms with van der Waals surface area (Å²) in [4.78, 5) is 23.0. The Labute approximate surface area is 76.2 Å². The number of carbonyl (C=O) groups is 2. The van der Waals surface area contributed by atoms with Crippen LogP contribution in [0.3, 0.4) is 0 Å². The number of methoxy groups -OCH3 is 1. The van der Waals surface area contributed by atoms with Crippen LogP contribution in [-0.2, 0) is 19.1 Å². The number of carbonyl (C=O) groups excluding carboxylic acids is 2. The predicted molar refractivity (Wildman–Crippen MR) is 42.7 cm³/mol. The summed E-state index contributed by atoms with van der Waals surface area (Å²) in [6, 6.07) is 0. The molecule has 0 amide bonds. The lowest BCUT2D eigenvalue weighted by Crippen LogP contribution is -2.38. The van der Waals surface area contributed by atoms with E-state index in [-0.39, 0.29) is 11.9 Å². The zero-order valence-corrected chi connectivity index (χ0v) is 7.54. The maximum Gasteiger partial charge on any atom is 0.323 e. The van der Waals surface area contributed by atoms with E-state index in [0.29, 0.717) is 13.0 Å². The molecule has 2 atom stereocenters. The fraction of sp³-hybridized carbons (Fsp3) is 0.778. The second kappa shape index (κ2) is 2.72. The molecule has 13 heavy (non-hydrogen) atoms. The van der Waals surface area contributed by atoms with Gasteiger partial charge >= 0.3 is 11.9 Å². The van der Waals surface area contributed by atoms with Gasteiger partial charge < -0.3 is 9.47 Å². The van der Waals surface area contributed by atoms with E-state index in [1.54, 1.807) is 0 Å². The molecule has 1 saturated heterocycles. The van der Waals surface area contributed by atoms with E-state index in [2.05, 4.69) is 4.74 Å². The van der Waals surface area contributed by atoms with Gasteiger partial charge in [-0.2, -0.15) is 0 Å². The van der Waals surface area contributed by atoms with Crippen LogP contribution in [0.15, 0.2) is 0 Å². The number of hydrogen-bond donors (Lipinski definition) is 0. The normalized spacial score (nSPS) is 37.0. The molecule has 2 rings (SSSR count). The number of esters is 2. The molecule has 2 aliphatic rings. The first kappa shape index (κ1) is 8.53. The van der Waals surface area contributed by atoms with Crippen molar-refractivity contribution >= 4 is 11.9 Å². The van der Waals surface area contributed by atoms with Gasteiger partial charge in [-0.05, 0) is 12.8 Å². The third-order valence-electron chi connectivity index (χ3n) is 3.15. The van der Waals surface area contributed by atoms with E-state index in [1.807, 2.05) is 0 Å². The van der Waals surface area contributed by atoms with Crippen LogP contribution < -0.4 is 0 Å². The van der Waals surface area contributed by atoms with Crippen LogP contribution in [0.5, 0.6) is 0 Å². The van der Waals surface area contributed by atoms with Crippen LogP contribution in [-0.4, -0.2) is 25.7 Å². The number of cyclic esters (lactones) is 1. The zero-order valence-electron chi connectivity index (χ0n) is 7.54. The summed E-state index contributed by atoms with van der Waals surface area (Å²) in [5.41, 5.74) is -0.950.